The van der Waals surface area contributed by atoms with Crippen molar-refractivity contribution in [3.05, 3.63) is 48.3 Å². The van der Waals surface area contributed by atoms with Gasteiger partial charge in [-0.15, -0.1) is 0 Å². The second kappa shape index (κ2) is 4.23. The molecule has 1 aromatic heterocycles. The highest BCUT2D eigenvalue weighted by atomic mass is 19.1. The Morgan fingerprint density at radius 2 is 2.20 bits per heavy atom. The van der Waals surface area contributed by atoms with Gasteiger partial charge in [-0.25, -0.2) is 9.37 Å². The Morgan fingerprint density at radius 3 is 2.93 bits per heavy atom. The van der Waals surface area contributed by atoms with Crippen molar-refractivity contribution in [3.8, 4) is 5.69 Å². The van der Waals surface area contributed by atoms with Crippen LogP contribution in [0.1, 0.15) is 5.69 Å². The van der Waals surface area contributed by atoms with Gasteiger partial charge in [-0.2, -0.15) is 0 Å². The van der Waals surface area contributed by atoms with Gasteiger partial charge in [0, 0.05) is 12.7 Å². The summed E-state index contributed by atoms with van der Waals surface area (Å²) in [4.78, 5) is 4.16. The molecule has 78 valence electrons. The lowest BCUT2D eigenvalue weighted by Crippen LogP contribution is -2.05. The Morgan fingerprint density at radius 1 is 1.40 bits per heavy atom. The van der Waals surface area contributed by atoms with Crippen LogP contribution in [0.15, 0.2) is 36.8 Å². The highest BCUT2D eigenvalue weighted by Gasteiger charge is 2.04. The van der Waals surface area contributed by atoms with Crippen molar-refractivity contribution >= 4 is 0 Å². The summed E-state index contributed by atoms with van der Waals surface area (Å²) in [5.74, 6) is -0.245. The Hall–Kier alpha value is -1.68. The number of nitrogens with zero attached hydrogens (tertiary/aromatic N) is 2. The molecular weight excluding hydrogens is 193 g/mol. The standard InChI is InChI=1S/C11H12FN3/c1-13-6-9-7-15(8-14-9)11-5-3-2-4-10(11)12/h2-5,7-8,13H,6H2,1H3. The van der Waals surface area contributed by atoms with Crippen LogP contribution >= 0.6 is 0 Å². The maximum atomic E-state index is 13.4. The molecule has 0 fully saturated rings. The first-order valence-electron chi connectivity index (χ1n) is 4.73. The molecule has 2 rings (SSSR count). The van der Waals surface area contributed by atoms with Gasteiger partial charge in [-0.1, -0.05) is 12.1 Å². The van der Waals surface area contributed by atoms with E-state index < -0.39 is 0 Å². The third kappa shape index (κ3) is 2.05. The van der Waals surface area contributed by atoms with Crippen molar-refractivity contribution in [1.82, 2.24) is 14.9 Å². The van der Waals surface area contributed by atoms with Crippen molar-refractivity contribution < 1.29 is 4.39 Å². The second-order valence-electron chi connectivity index (χ2n) is 3.25. The minimum Gasteiger partial charge on any atom is -0.314 e. The van der Waals surface area contributed by atoms with Crippen LogP contribution in [0.4, 0.5) is 4.39 Å². The fraction of sp³-hybridized carbons (Fsp3) is 0.182. The summed E-state index contributed by atoms with van der Waals surface area (Å²) in [5.41, 5.74) is 1.41. The van der Waals surface area contributed by atoms with Crippen molar-refractivity contribution in [2.75, 3.05) is 7.05 Å². The van der Waals surface area contributed by atoms with E-state index in [1.165, 1.54) is 6.07 Å². The molecule has 0 spiro atoms. The largest absolute Gasteiger partial charge is 0.314 e. The van der Waals surface area contributed by atoms with Gasteiger partial charge in [0.05, 0.1) is 17.7 Å². The third-order valence-electron chi connectivity index (χ3n) is 2.12. The lowest BCUT2D eigenvalue weighted by atomic mass is 10.3. The van der Waals surface area contributed by atoms with E-state index in [1.807, 2.05) is 13.2 Å². The predicted molar refractivity (Wildman–Crippen MR) is 56.3 cm³/mol. The van der Waals surface area contributed by atoms with Gasteiger partial charge < -0.3 is 9.88 Å². The fourth-order valence-electron chi connectivity index (χ4n) is 1.43. The molecule has 1 aromatic carbocycles. The van der Waals surface area contributed by atoms with Crippen molar-refractivity contribution in [2.24, 2.45) is 0 Å². The summed E-state index contributed by atoms with van der Waals surface area (Å²) >= 11 is 0. The van der Waals surface area contributed by atoms with Crippen LogP contribution in [0.2, 0.25) is 0 Å². The molecule has 15 heavy (non-hydrogen) atoms. The average molecular weight is 205 g/mol. The minimum atomic E-state index is -0.245. The number of para-hydroxylation sites is 1. The van der Waals surface area contributed by atoms with Crippen LogP contribution in [-0.4, -0.2) is 16.6 Å². The summed E-state index contributed by atoms with van der Waals surface area (Å²) in [6.45, 7) is 0.682. The number of hydrogen-bond donors (Lipinski definition) is 1. The van der Waals surface area contributed by atoms with Gasteiger partial charge in [-0.3, -0.25) is 0 Å². The third-order valence-corrected chi connectivity index (χ3v) is 2.12. The van der Waals surface area contributed by atoms with Crippen LogP contribution in [0.3, 0.4) is 0 Å². The maximum absolute atomic E-state index is 13.4. The zero-order valence-electron chi connectivity index (χ0n) is 8.44. The van der Waals surface area contributed by atoms with Gasteiger partial charge in [0.2, 0.25) is 0 Å². The molecule has 0 saturated heterocycles. The first kappa shape index (κ1) is 9.86. The molecule has 0 atom stereocenters. The summed E-state index contributed by atoms with van der Waals surface area (Å²) in [6, 6.07) is 6.63. The van der Waals surface area contributed by atoms with Crippen LogP contribution in [0, 0.1) is 5.82 Å². The lowest BCUT2D eigenvalue weighted by molar-refractivity contribution is 0.618. The molecule has 0 radical (unpaired) electrons. The molecular formula is C11H12FN3. The van der Waals surface area contributed by atoms with E-state index >= 15 is 0 Å². The van der Waals surface area contributed by atoms with Crippen molar-refractivity contribution in [3.63, 3.8) is 0 Å². The number of nitrogens with one attached hydrogen (secondary N) is 1. The summed E-state index contributed by atoms with van der Waals surface area (Å²) in [6.07, 6.45) is 3.43. The number of aromatic nitrogens is 2. The predicted octanol–water partition coefficient (Wildman–Crippen LogP) is 1.73. The quantitative estimate of drug-likeness (QED) is 0.827. The molecule has 1 heterocycles. The van der Waals surface area contributed by atoms with E-state index in [2.05, 4.69) is 10.3 Å². The molecule has 0 saturated carbocycles. The van der Waals surface area contributed by atoms with Gasteiger partial charge in [0.15, 0.2) is 0 Å². The van der Waals surface area contributed by atoms with Crippen molar-refractivity contribution in [1.29, 1.82) is 0 Å². The summed E-state index contributed by atoms with van der Waals surface area (Å²) < 4.78 is 15.1. The number of hydrogen-bond acceptors (Lipinski definition) is 2. The van der Waals surface area contributed by atoms with E-state index in [9.17, 15) is 4.39 Å². The SMILES string of the molecule is CNCc1cn(-c2ccccc2F)cn1. The van der Waals surface area contributed by atoms with Crippen LogP contribution in [0.25, 0.3) is 5.69 Å². The van der Waals surface area contributed by atoms with E-state index in [-0.39, 0.29) is 5.82 Å². The smallest absolute Gasteiger partial charge is 0.147 e. The van der Waals surface area contributed by atoms with Crippen molar-refractivity contribution in [2.45, 2.75) is 6.54 Å². The fourth-order valence-corrected chi connectivity index (χ4v) is 1.43. The maximum Gasteiger partial charge on any atom is 0.147 e. The number of halogens is 1. The first-order valence-corrected chi connectivity index (χ1v) is 4.73. The van der Waals surface area contributed by atoms with Gasteiger partial charge >= 0.3 is 0 Å². The Bertz CT molecular complexity index is 451. The topological polar surface area (TPSA) is 29.9 Å². The average Bonchev–Trinajstić information content (AvgIpc) is 2.68. The summed E-state index contributed by atoms with van der Waals surface area (Å²) in [7, 11) is 1.85. The minimum absolute atomic E-state index is 0.245. The molecule has 0 aliphatic carbocycles. The normalized spacial score (nSPS) is 10.5. The molecule has 2 aromatic rings. The molecule has 0 aliphatic heterocycles. The van der Waals surface area contributed by atoms with Crippen LogP contribution < -0.4 is 5.32 Å². The molecule has 1 N–H and O–H groups in total. The van der Waals surface area contributed by atoms with E-state index in [0.717, 1.165) is 5.69 Å². The van der Waals surface area contributed by atoms with Gasteiger partial charge in [0.1, 0.15) is 5.82 Å². The number of rotatable bonds is 3. The van der Waals surface area contributed by atoms with Gasteiger partial charge in [-0.05, 0) is 19.2 Å². The highest BCUT2D eigenvalue weighted by Crippen LogP contribution is 2.12. The van der Waals surface area contributed by atoms with Crippen LogP contribution in [0.5, 0.6) is 0 Å². The molecule has 0 aliphatic rings. The molecule has 3 nitrogen and oxygen atoms in total. The number of benzene rings is 1. The monoisotopic (exact) mass is 205 g/mol. The van der Waals surface area contributed by atoms with Gasteiger partial charge in [0.25, 0.3) is 0 Å². The van der Waals surface area contributed by atoms with Crippen LogP contribution in [-0.2, 0) is 6.54 Å². The first-order chi connectivity index (χ1) is 7.31. The van der Waals surface area contributed by atoms with E-state index in [4.69, 9.17) is 0 Å². The molecule has 4 heteroatoms. The number of imidazole rings is 1. The highest BCUT2D eigenvalue weighted by molar-refractivity contribution is 5.33. The lowest BCUT2D eigenvalue weighted by Gasteiger charge is -2.02. The Kier molecular flexibility index (Phi) is 2.78. The van der Waals surface area contributed by atoms with E-state index in [0.29, 0.717) is 12.2 Å². The Balaban J connectivity index is 2.33. The molecule has 0 bridgehead atoms. The zero-order valence-corrected chi connectivity index (χ0v) is 8.44. The second-order valence-corrected chi connectivity index (χ2v) is 3.25. The summed E-state index contributed by atoms with van der Waals surface area (Å²) in [5, 5.41) is 2.99. The van der Waals surface area contributed by atoms with E-state index in [1.54, 1.807) is 29.1 Å². The molecule has 0 amide bonds. The Labute approximate surface area is 87.6 Å². The zero-order chi connectivity index (χ0) is 10.7. The molecule has 0 unspecified atom stereocenters.